The molecule has 1 aromatic heterocycles. The van der Waals surface area contributed by atoms with E-state index in [1.54, 1.807) is 13.8 Å². The Labute approximate surface area is 110 Å². The zero-order valence-electron chi connectivity index (χ0n) is 11.1. The summed E-state index contributed by atoms with van der Waals surface area (Å²) in [6.45, 7) is 9.35. The average Bonchev–Trinajstić information content (AvgIpc) is 2.81. The van der Waals surface area contributed by atoms with Gasteiger partial charge in [0.15, 0.2) is 0 Å². The highest BCUT2D eigenvalue weighted by Gasteiger charge is 2.37. The Kier molecular flexibility index (Phi) is 2.85. The summed E-state index contributed by atoms with van der Waals surface area (Å²) >= 11 is 1.28. The SMILES string of the molecule is CC1=C(C)C(=O)N(c2nnc(C(C)(C)C)s2)C1=O. The number of hydrogen-bond donors (Lipinski definition) is 0. The summed E-state index contributed by atoms with van der Waals surface area (Å²) in [7, 11) is 0. The van der Waals surface area contributed by atoms with Crippen LogP contribution in [0.3, 0.4) is 0 Å². The molecule has 0 radical (unpaired) electrons. The fourth-order valence-electron chi connectivity index (χ4n) is 1.53. The van der Waals surface area contributed by atoms with E-state index in [2.05, 4.69) is 10.2 Å². The number of amides is 2. The molecule has 18 heavy (non-hydrogen) atoms. The largest absolute Gasteiger partial charge is 0.268 e. The number of carbonyl (C=O) groups is 2. The molecule has 0 atom stereocenters. The lowest BCUT2D eigenvalue weighted by atomic mass is 9.98. The molecule has 0 aromatic carbocycles. The molecule has 2 rings (SSSR count). The maximum atomic E-state index is 12.0. The van der Waals surface area contributed by atoms with Gasteiger partial charge in [-0.05, 0) is 13.8 Å². The van der Waals surface area contributed by atoms with Crippen LogP contribution in [0.4, 0.5) is 5.13 Å². The Morgan fingerprint density at radius 3 is 1.89 bits per heavy atom. The Balaban J connectivity index is 2.38. The van der Waals surface area contributed by atoms with E-state index in [1.807, 2.05) is 20.8 Å². The highest BCUT2D eigenvalue weighted by atomic mass is 32.1. The number of aromatic nitrogens is 2. The lowest BCUT2D eigenvalue weighted by molar-refractivity contribution is -0.120. The average molecular weight is 265 g/mol. The Hall–Kier alpha value is -1.56. The molecule has 5 nitrogen and oxygen atoms in total. The van der Waals surface area contributed by atoms with Gasteiger partial charge in [0, 0.05) is 16.6 Å². The fraction of sp³-hybridized carbons (Fsp3) is 0.500. The van der Waals surface area contributed by atoms with Gasteiger partial charge in [0.05, 0.1) is 0 Å². The lowest BCUT2D eigenvalue weighted by Gasteiger charge is -2.13. The molecule has 96 valence electrons. The van der Waals surface area contributed by atoms with Crippen molar-refractivity contribution in [2.45, 2.75) is 40.0 Å². The van der Waals surface area contributed by atoms with Crippen molar-refractivity contribution in [3.63, 3.8) is 0 Å². The van der Waals surface area contributed by atoms with Crippen molar-refractivity contribution in [2.75, 3.05) is 4.90 Å². The molecule has 1 aliphatic heterocycles. The first kappa shape index (κ1) is 12.9. The molecule has 2 heterocycles. The number of imide groups is 1. The van der Waals surface area contributed by atoms with Crippen molar-refractivity contribution in [3.8, 4) is 0 Å². The molecule has 0 unspecified atom stereocenters. The number of carbonyl (C=O) groups excluding carboxylic acids is 2. The van der Waals surface area contributed by atoms with E-state index in [9.17, 15) is 9.59 Å². The van der Waals surface area contributed by atoms with Gasteiger partial charge >= 0.3 is 0 Å². The van der Waals surface area contributed by atoms with Crippen molar-refractivity contribution < 1.29 is 9.59 Å². The second kappa shape index (κ2) is 3.98. The van der Waals surface area contributed by atoms with Gasteiger partial charge in [0.1, 0.15) is 5.01 Å². The van der Waals surface area contributed by atoms with Gasteiger partial charge in [-0.1, -0.05) is 32.1 Å². The van der Waals surface area contributed by atoms with Crippen LogP contribution >= 0.6 is 11.3 Å². The van der Waals surface area contributed by atoms with Crippen molar-refractivity contribution >= 4 is 28.3 Å². The topological polar surface area (TPSA) is 63.2 Å². The highest BCUT2D eigenvalue weighted by molar-refractivity contribution is 7.15. The van der Waals surface area contributed by atoms with Crippen LogP contribution in [0.1, 0.15) is 39.6 Å². The predicted octanol–water partition coefficient (Wildman–Crippen LogP) is 2.05. The molecule has 1 aliphatic rings. The third-order valence-electron chi connectivity index (χ3n) is 2.86. The van der Waals surface area contributed by atoms with E-state index in [0.29, 0.717) is 16.3 Å². The van der Waals surface area contributed by atoms with Crippen molar-refractivity contribution in [3.05, 3.63) is 16.2 Å². The monoisotopic (exact) mass is 265 g/mol. The van der Waals surface area contributed by atoms with E-state index >= 15 is 0 Å². The van der Waals surface area contributed by atoms with Crippen LogP contribution in [0.2, 0.25) is 0 Å². The second-order valence-electron chi connectivity index (χ2n) is 5.34. The van der Waals surface area contributed by atoms with E-state index < -0.39 is 0 Å². The number of rotatable bonds is 1. The molecule has 1 aromatic rings. The minimum atomic E-state index is -0.297. The van der Waals surface area contributed by atoms with Crippen LogP contribution in [0.25, 0.3) is 0 Å². The van der Waals surface area contributed by atoms with Crippen molar-refractivity contribution in [1.29, 1.82) is 0 Å². The summed E-state index contributed by atoms with van der Waals surface area (Å²) in [6, 6.07) is 0. The maximum absolute atomic E-state index is 12.0. The Morgan fingerprint density at radius 1 is 1.00 bits per heavy atom. The third kappa shape index (κ3) is 1.86. The predicted molar refractivity (Wildman–Crippen MR) is 69.5 cm³/mol. The van der Waals surface area contributed by atoms with E-state index in [0.717, 1.165) is 9.91 Å². The third-order valence-corrected chi connectivity index (χ3v) is 4.19. The molecule has 0 N–H and O–H groups in total. The molecule has 0 fully saturated rings. The standard InChI is InChI=1S/C12H15N3O2S/c1-6-7(2)9(17)15(8(6)16)11-14-13-10(18-11)12(3,4)5/h1-5H3. The van der Waals surface area contributed by atoms with Gasteiger partial charge in [-0.3, -0.25) is 9.59 Å². The first-order valence-corrected chi connectivity index (χ1v) is 6.45. The van der Waals surface area contributed by atoms with Crippen LogP contribution in [0, 0.1) is 0 Å². The second-order valence-corrected chi connectivity index (χ2v) is 6.29. The first-order valence-electron chi connectivity index (χ1n) is 5.63. The normalized spacial score (nSPS) is 17.1. The van der Waals surface area contributed by atoms with Gasteiger partial charge in [0.2, 0.25) is 5.13 Å². The maximum Gasteiger partial charge on any atom is 0.263 e. The summed E-state index contributed by atoms with van der Waals surface area (Å²) in [5.74, 6) is -0.594. The van der Waals surface area contributed by atoms with Gasteiger partial charge in [-0.2, -0.15) is 0 Å². The summed E-state index contributed by atoms with van der Waals surface area (Å²) in [6.07, 6.45) is 0. The summed E-state index contributed by atoms with van der Waals surface area (Å²) in [4.78, 5) is 25.1. The Bertz CT molecular complexity index is 542. The van der Waals surface area contributed by atoms with Crippen LogP contribution in [-0.4, -0.2) is 22.0 Å². The van der Waals surface area contributed by atoms with Crippen LogP contribution < -0.4 is 4.90 Å². The minimum Gasteiger partial charge on any atom is -0.268 e. The highest BCUT2D eigenvalue weighted by Crippen LogP contribution is 2.33. The molecule has 0 saturated carbocycles. The molecule has 0 saturated heterocycles. The fourth-order valence-corrected chi connectivity index (χ4v) is 2.43. The number of anilines is 1. The van der Waals surface area contributed by atoms with E-state index in [4.69, 9.17) is 0 Å². The van der Waals surface area contributed by atoms with Crippen molar-refractivity contribution in [1.82, 2.24) is 10.2 Å². The van der Waals surface area contributed by atoms with E-state index in [-0.39, 0.29) is 17.2 Å². The minimum absolute atomic E-state index is 0.140. The van der Waals surface area contributed by atoms with Crippen molar-refractivity contribution in [2.24, 2.45) is 0 Å². The smallest absolute Gasteiger partial charge is 0.263 e. The van der Waals surface area contributed by atoms with Gasteiger partial charge in [-0.15, -0.1) is 10.2 Å². The zero-order valence-corrected chi connectivity index (χ0v) is 11.9. The number of hydrogen-bond acceptors (Lipinski definition) is 5. The van der Waals surface area contributed by atoms with Crippen LogP contribution in [0.5, 0.6) is 0 Å². The molecule has 6 heteroatoms. The van der Waals surface area contributed by atoms with Gasteiger partial charge < -0.3 is 0 Å². The lowest BCUT2D eigenvalue weighted by Crippen LogP contribution is -2.31. The molecular formula is C12H15N3O2S. The molecule has 0 bridgehead atoms. The molecule has 0 aliphatic carbocycles. The summed E-state index contributed by atoms with van der Waals surface area (Å²) in [5, 5.41) is 9.17. The molecule has 0 spiro atoms. The molecule has 2 amide bonds. The Morgan fingerprint density at radius 2 is 1.50 bits per heavy atom. The van der Waals surface area contributed by atoms with Crippen LogP contribution in [0.15, 0.2) is 11.1 Å². The van der Waals surface area contributed by atoms with Gasteiger partial charge in [-0.25, -0.2) is 4.90 Å². The molecular weight excluding hydrogens is 250 g/mol. The summed E-state index contributed by atoms with van der Waals surface area (Å²) < 4.78 is 0. The first-order chi connectivity index (χ1) is 8.23. The quantitative estimate of drug-likeness (QED) is 0.729. The van der Waals surface area contributed by atoms with E-state index in [1.165, 1.54) is 11.3 Å². The number of nitrogens with zero attached hydrogens (tertiary/aromatic N) is 3. The van der Waals surface area contributed by atoms with Crippen LogP contribution in [-0.2, 0) is 15.0 Å². The summed E-state index contributed by atoms with van der Waals surface area (Å²) in [5.41, 5.74) is 0.819. The van der Waals surface area contributed by atoms with Gasteiger partial charge in [0.25, 0.3) is 11.8 Å². The zero-order chi connectivity index (χ0) is 13.7.